The quantitative estimate of drug-likeness (QED) is 0.680. The van der Waals surface area contributed by atoms with Crippen LogP contribution in [0.3, 0.4) is 0 Å². The van der Waals surface area contributed by atoms with Crippen molar-refractivity contribution in [3.8, 4) is 11.5 Å². The Bertz CT molecular complexity index is 946. The highest BCUT2D eigenvalue weighted by Crippen LogP contribution is 2.29. The Kier molecular flexibility index (Phi) is 6.69. The number of nitrogens with zero attached hydrogens (tertiary/aromatic N) is 1. The normalized spacial score (nSPS) is 13.9. The second-order valence-electron chi connectivity index (χ2n) is 7.18. The highest BCUT2D eigenvalue weighted by atomic mass is 19.4. The van der Waals surface area contributed by atoms with Crippen molar-refractivity contribution < 1.29 is 32.2 Å². The summed E-state index contributed by atoms with van der Waals surface area (Å²) in [6, 6.07) is 10.2. The zero-order valence-electron chi connectivity index (χ0n) is 17.0. The van der Waals surface area contributed by atoms with Gasteiger partial charge in [0.1, 0.15) is 11.5 Å². The van der Waals surface area contributed by atoms with Gasteiger partial charge in [0, 0.05) is 18.7 Å². The van der Waals surface area contributed by atoms with Crippen molar-refractivity contribution in [2.45, 2.75) is 18.8 Å². The first kappa shape index (κ1) is 22.4. The number of halogens is 3. The maximum Gasteiger partial charge on any atom is 0.573 e. The topological polar surface area (TPSA) is 79.9 Å². The number of likely N-dealkylation sites (N-methyl/N-ethyl adjacent to an activating group) is 1. The number of nitrogens with one attached hydrogen (secondary N) is 2. The number of hydrogen-bond donors (Lipinski definition) is 2. The lowest BCUT2D eigenvalue weighted by atomic mass is 10.0. The summed E-state index contributed by atoms with van der Waals surface area (Å²) in [5.41, 5.74) is 2.25. The lowest BCUT2D eigenvalue weighted by molar-refractivity contribution is -0.274. The number of benzene rings is 2. The van der Waals surface area contributed by atoms with Crippen LogP contribution in [0.25, 0.3) is 0 Å². The molecule has 7 nitrogen and oxygen atoms in total. The van der Waals surface area contributed by atoms with Crippen LogP contribution >= 0.6 is 0 Å². The van der Waals surface area contributed by atoms with Crippen LogP contribution < -0.4 is 20.1 Å². The van der Waals surface area contributed by atoms with E-state index in [-0.39, 0.29) is 18.3 Å². The first-order chi connectivity index (χ1) is 14.6. The second-order valence-corrected chi connectivity index (χ2v) is 7.18. The Morgan fingerprint density at radius 3 is 2.48 bits per heavy atom. The minimum absolute atomic E-state index is 0.164. The highest BCUT2D eigenvalue weighted by molar-refractivity contribution is 6.39. The molecule has 2 amide bonds. The van der Waals surface area contributed by atoms with E-state index in [0.717, 1.165) is 35.4 Å². The van der Waals surface area contributed by atoms with Gasteiger partial charge in [-0.05, 0) is 55.6 Å². The second kappa shape index (κ2) is 9.25. The van der Waals surface area contributed by atoms with Crippen LogP contribution in [0.15, 0.2) is 42.5 Å². The molecule has 0 bridgehead atoms. The number of anilines is 1. The molecule has 10 heteroatoms. The molecule has 0 aromatic heterocycles. The number of carbonyl (C=O) groups is 2. The van der Waals surface area contributed by atoms with E-state index >= 15 is 0 Å². The van der Waals surface area contributed by atoms with E-state index in [4.69, 9.17) is 4.74 Å². The zero-order chi connectivity index (χ0) is 22.6. The molecular formula is C21H22F3N3O4. The minimum Gasteiger partial charge on any atom is -0.493 e. The van der Waals surface area contributed by atoms with E-state index in [1.165, 1.54) is 12.1 Å². The summed E-state index contributed by atoms with van der Waals surface area (Å²) in [6.45, 7) is 0.836. The smallest absolute Gasteiger partial charge is 0.493 e. The molecule has 3 rings (SSSR count). The van der Waals surface area contributed by atoms with Crippen molar-refractivity contribution in [3.63, 3.8) is 0 Å². The molecule has 2 aromatic carbocycles. The number of rotatable bonds is 6. The standard InChI is InChI=1S/C21H22F3N3O4/c1-27(2)17(13-3-8-18-14(11-13)9-10-30-18)12-25-19(28)20(29)26-15-4-6-16(7-5-15)31-21(22,23)24/h3-8,11,17H,9-10,12H2,1-2H3,(H,25,28)(H,26,29). The molecule has 0 spiro atoms. The van der Waals surface area contributed by atoms with Gasteiger partial charge in [0.05, 0.1) is 12.6 Å². The Balaban J connectivity index is 1.56. The molecule has 166 valence electrons. The fraction of sp³-hybridized carbons (Fsp3) is 0.333. The molecule has 1 aliphatic heterocycles. The van der Waals surface area contributed by atoms with Crippen molar-refractivity contribution >= 4 is 17.5 Å². The van der Waals surface area contributed by atoms with Crippen LogP contribution in [0.5, 0.6) is 11.5 Å². The van der Waals surface area contributed by atoms with Gasteiger partial charge in [-0.25, -0.2) is 0 Å². The van der Waals surface area contributed by atoms with Crippen LogP contribution in [0.1, 0.15) is 17.2 Å². The number of fused-ring (bicyclic) bond motifs is 1. The fourth-order valence-electron chi connectivity index (χ4n) is 3.21. The Hall–Kier alpha value is -3.27. The van der Waals surface area contributed by atoms with Gasteiger partial charge < -0.3 is 25.0 Å². The van der Waals surface area contributed by atoms with E-state index in [0.29, 0.717) is 6.61 Å². The summed E-state index contributed by atoms with van der Waals surface area (Å²) in [5.74, 6) is -1.35. The Labute approximate surface area is 177 Å². The predicted octanol–water partition coefficient (Wildman–Crippen LogP) is 2.88. The molecule has 0 aliphatic carbocycles. The van der Waals surface area contributed by atoms with Gasteiger partial charge in [0.15, 0.2) is 0 Å². The van der Waals surface area contributed by atoms with Crippen LogP contribution in [0.2, 0.25) is 0 Å². The van der Waals surface area contributed by atoms with Gasteiger partial charge in [-0.1, -0.05) is 12.1 Å². The summed E-state index contributed by atoms with van der Waals surface area (Å²) in [4.78, 5) is 26.3. The summed E-state index contributed by atoms with van der Waals surface area (Å²) < 4.78 is 45.9. The minimum atomic E-state index is -4.81. The average molecular weight is 437 g/mol. The van der Waals surface area contributed by atoms with Crippen molar-refractivity contribution in [1.82, 2.24) is 10.2 Å². The number of amides is 2. The first-order valence-corrected chi connectivity index (χ1v) is 9.49. The Morgan fingerprint density at radius 1 is 1.13 bits per heavy atom. The third-order valence-electron chi connectivity index (χ3n) is 4.73. The van der Waals surface area contributed by atoms with Gasteiger partial charge in [-0.2, -0.15) is 0 Å². The third kappa shape index (κ3) is 6.11. The molecule has 0 fully saturated rings. The lowest BCUT2D eigenvalue weighted by Crippen LogP contribution is -2.40. The van der Waals surface area contributed by atoms with Crippen LogP contribution in [-0.2, 0) is 16.0 Å². The largest absolute Gasteiger partial charge is 0.573 e. The number of alkyl halides is 3. The molecule has 1 atom stereocenters. The van der Waals surface area contributed by atoms with Crippen LogP contribution in [-0.4, -0.2) is 50.3 Å². The first-order valence-electron chi connectivity index (χ1n) is 9.49. The van der Waals surface area contributed by atoms with Crippen molar-refractivity contribution in [2.75, 3.05) is 32.6 Å². The molecular weight excluding hydrogens is 415 g/mol. The maximum absolute atomic E-state index is 12.2. The fourth-order valence-corrected chi connectivity index (χ4v) is 3.21. The summed E-state index contributed by atoms with van der Waals surface area (Å²) in [6.07, 6.45) is -3.98. The molecule has 1 aliphatic rings. The van der Waals surface area contributed by atoms with Gasteiger partial charge in [-0.15, -0.1) is 13.2 Å². The third-order valence-corrected chi connectivity index (χ3v) is 4.73. The molecule has 0 saturated heterocycles. The molecule has 1 unspecified atom stereocenters. The van der Waals surface area contributed by atoms with Crippen molar-refractivity contribution in [3.05, 3.63) is 53.6 Å². The molecule has 1 heterocycles. The van der Waals surface area contributed by atoms with Crippen molar-refractivity contribution in [1.29, 1.82) is 0 Å². The number of hydrogen-bond acceptors (Lipinski definition) is 5. The van der Waals surface area contributed by atoms with Gasteiger partial charge in [0.25, 0.3) is 0 Å². The van der Waals surface area contributed by atoms with E-state index < -0.39 is 23.9 Å². The molecule has 0 radical (unpaired) electrons. The van der Waals surface area contributed by atoms with Gasteiger partial charge in [-0.3, -0.25) is 9.59 Å². The van der Waals surface area contributed by atoms with E-state index in [2.05, 4.69) is 15.4 Å². The zero-order valence-corrected chi connectivity index (χ0v) is 17.0. The maximum atomic E-state index is 12.2. The van der Waals surface area contributed by atoms with E-state index in [1.807, 2.05) is 37.2 Å². The summed E-state index contributed by atoms with van der Waals surface area (Å²) in [5, 5.41) is 4.94. The van der Waals surface area contributed by atoms with Gasteiger partial charge in [0.2, 0.25) is 0 Å². The summed E-state index contributed by atoms with van der Waals surface area (Å²) >= 11 is 0. The molecule has 0 saturated carbocycles. The van der Waals surface area contributed by atoms with E-state index in [9.17, 15) is 22.8 Å². The predicted molar refractivity (Wildman–Crippen MR) is 107 cm³/mol. The monoisotopic (exact) mass is 437 g/mol. The van der Waals surface area contributed by atoms with Crippen molar-refractivity contribution in [2.24, 2.45) is 0 Å². The average Bonchev–Trinajstić information content (AvgIpc) is 3.16. The molecule has 2 aromatic rings. The van der Waals surface area contributed by atoms with Crippen LogP contribution in [0.4, 0.5) is 18.9 Å². The SMILES string of the molecule is CN(C)C(CNC(=O)C(=O)Nc1ccc(OC(F)(F)F)cc1)c1ccc2c(c1)CCO2. The number of ether oxygens (including phenoxy) is 2. The van der Waals surface area contributed by atoms with E-state index in [1.54, 1.807) is 0 Å². The van der Waals surface area contributed by atoms with Crippen LogP contribution in [0, 0.1) is 0 Å². The summed E-state index contributed by atoms with van der Waals surface area (Å²) in [7, 11) is 3.73. The number of carbonyl (C=O) groups excluding carboxylic acids is 2. The highest BCUT2D eigenvalue weighted by Gasteiger charge is 2.31. The molecule has 31 heavy (non-hydrogen) atoms. The van der Waals surface area contributed by atoms with Gasteiger partial charge >= 0.3 is 18.2 Å². The molecule has 2 N–H and O–H groups in total. The lowest BCUT2D eigenvalue weighted by Gasteiger charge is -2.25. The Morgan fingerprint density at radius 2 is 1.84 bits per heavy atom.